The number of fused-ring (bicyclic) bond motifs is 1. The Balaban J connectivity index is 0.00000280. The molecule has 0 radical (unpaired) electrons. The molecule has 3 rings (SSSR count). The molecule has 8 nitrogen and oxygen atoms in total. The normalized spacial score (nSPS) is 9.93. The number of urea groups is 1. The Morgan fingerprint density at radius 1 is 1.00 bits per heavy atom. The molecule has 0 saturated carbocycles. The Morgan fingerprint density at radius 2 is 1.79 bits per heavy atom. The largest absolute Gasteiger partial charge is 0.354 e. The van der Waals surface area contributed by atoms with E-state index in [0.717, 1.165) is 22.1 Å². The zero-order valence-electron chi connectivity index (χ0n) is 15.4. The second-order valence-corrected chi connectivity index (χ2v) is 5.82. The smallest absolute Gasteiger partial charge is 0.320 e. The molecule has 0 saturated heterocycles. The predicted octanol–water partition coefficient (Wildman–Crippen LogP) is 3.90. The number of nitrogens with one attached hydrogen (secondary N) is 4. The first-order chi connectivity index (χ1) is 13.0. The summed E-state index contributed by atoms with van der Waals surface area (Å²) < 4.78 is 0. The highest BCUT2D eigenvalue weighted by molar-refractivity contribution is 5.98. The van der Waals surface area contributed by atoms with Gasteiger partial charge in [0, 0.05) is 30.7 Å². The minimum atomic E-state index is -0.288. The van der Waals surface area contributed by atoms with E-state index in [9.17, 15) is 9.59 Å². The number of halogens is 1. The molecule has 0 aliphatic heterocycles. The van der Waals surface area contributed by atoms with Crippen LogP contribution in [0.1, 0.15) is 13.8 Å². The zero-order valence-corrected chi connectivity index (χ0v) is 16.3. The number of pyridine rings is 2. The van der Waals surface area contributed by atoms with Crippen LogP contribution in [-0.4, -0.2) is 28.5 Å². The van der Waals surface area contributed by atoms with Crippen LogP contribution in [0.4, 0.5) is 27.8 Å². The lowest BCUT2D eigenvalue weighted by atomic mass is 10.1. The van der Waals surface area contributed by atoms with E-state index in [1.54, 1.807) is 18.5 Å². The monoisotopic (exact) mass is 400 g/mol. The maximum Gasteiger partial charge on any atom is 0.320 e. The molecule has 0 bridgehead atoms. The van der Waals surface area contributed by atoms with Gasteiger partial charge in [-0.15, -0.1) is 12.4 Å². The molecule has 2 heterocycles. The van der Waals surface area contributed by atoms with Crippen LogP contribution in [0.2, 0.25) is 0 Å². The lowest BCUT2D eigenvalue weighted by molar-refractivity contribution is -0.114. The molecule has 28 heavy (non-hydrogen) atoms. The Morgan fingerprint density at radius 3 is 2.46 bits per heavy atom. The first-order valence-corrected chi connectivity index (χ1v) is 8.49. The molecular weight excluding hydrogens is 380 g/mol. The molecule has 0 aliphatic rings. The zero-order chi connectivity index (χ0) is 19.2. The Kier molecular flexibility index (Phi) is 7.11. The molecule has 1 aromatic carbocycles. The highest BCUT2D eigenvalue weighted by Gasteiger charge is 2.06. The van der Waals surface area contributed by atoms with Crippen molar-refractivity contribution in [2.24, 2.45) is 0 Å². The summed E-state index contributed by atoms with van der Waals surface area (Å²) in [6.45, 7) is 3.83. The highest BCUT2D eigenvalue weighted by atomic mass is 35.5. The van der Waals surface area contributed by atoms with Gasteiger partial charge in [0.05, 0.1) is 11.9 Å². The lowest BCUT2D eigenvalue weighted by Gasteiger charge is -2.11. The van der Waals surface area contributed by atoms with Gasteiger partial charge < -0.3 is 16.0 Å². The van der Waals surface area contributed by atoms with E-state index in [0.29, 0.717) is 18.2 Å². The molecule has 0 unspecified atom stereocenters. The predicted molar refractivity (Wildman–Crippen MR) is 114 cm³/mol. The van der Waals surface area contributed by atoms with Crippen LogP contribution < -0.4 is 21.3 Å². The summed E-state index contributed by atoms with van der Waals surface area (Å²) in [5.41, 5.74) is 1.64. The Hall–Kier alpha value is -3.39. The maximum atomic E-state index is 11.6. The van der Waals surface area contributed by atoms with Crippen LogP contribution in [0.25, 0.3) is 10.8 Å². The average Bonchev–Trinajstić information content (AvgIpc) is 2.63. The number of anilines is 4. The number of amides is 3. The van der Waals surface area contributed by atoms with E-state index >= 15 is 0 Å². The van der Waals surface area contributed by atoms with Crippen molar-refractivity contribution in [1.82, 2.24) is 15.3 Å². The minimum absolute atomic E-state index is 0. The number of benzene rings is 1. The quantitative estimate of drug-likeness (QED) is 0.519. The highest BCUT2D eigenvalue weighted by Crippen LogP contribution is 2.27. The lowest BCUT2D eigenvalue weighted by Crippen LogP contribution is -2.28. The minimum Gasteiger partial charge on any atom is -0.354 e. The van der Waals surface area contributed by atoms with Gasteiger partial charge in [-0.2, -0.15) is 0 Å². The molecule has 0 aliphatic carbocycles. The van der Waals surface area contributed by atoms with Crippen molar-refractivity contribution in [1.29, 1.82) is 0 Å². The Bertz CT molecular complexity index is 978. The summed E-state index contributed by atoms with van der Waals surface area (Å²) in [6, 6.07) is 10.9. The van der Waals surface area contributed by atoms with E-state index in [4.69, 9.17) is 0 Å². The first-order valence-electron chi connectivity index (χ1n) is 8.49. The van der Waals surface area contributed by atoms with E-state index in [2.05, 4.69) is 31.2 Å². The van der Waals surface area contributed by atoms with E-state index in [1.165, 1.54) is 6.92 Å². The molecule has 146 valence electrons. The van der Waals surface area contributed by atoms with Gasteiger partial charge in [-0.05, 0) is 36.6 Å². The van der Waals surface area contributed by atoms with Crippen LogP contribution in [0, 0.1) is 0 Å². The molecule has 0 atom stereocenters. The maximum absolute atomic E-state index is 11.6. The first kappa shape index (κ1) is 20.9. The SMILES string of the molecule is CCNC(=O)Nc1cc2cccc(Nc3ccc(NC(C)=O)nc3)c2cn1.Cl. The molecule has 3 amide bonds. The van der Waals surface area contributed by atoms with Crippen molar-refractivity contribution in [3.63, 3.8) is 0 Å². The molecular formula is C19H21ClN6O2. The third-order valence-electron chi connectivity index (χ3n) is 3.69. The fraction of sp³-hybridized carbons (Fsp3) is 0.158. The second-order valence-electron chi connectivity index (χ2n) is 5.82. The molecule has 3 aromatic rings. The van der Waals surface area contributed by atoms with Gasteiger partial charge in [-0.1, -0.05) is 12.1 Å². The Labute approximate surface area is 168 Å². The van der Waals surface area contributed by atoms with Crippen LogP contribution >= 0.6 is 12.4 Å². The van der Waals surface area contributed by atoms with Crippen LogP contribution in [0.5, 0.6) is 0 Å². The molecule has 9 heteroatoms. The van der Waals surface area contributed by atoms with Crippen molar-refractivity contribution >= 4 is 58.1 Å². The fourth-order valence-corrected chi connectivity index (χ4v) is 2.55. The average molecular weight is 401 g/mol. The number of carbonyl (C=O) groups excluding carboxylic acids is 2. The van der Waals surface area contributed by atoms with E-state index in [1.807, 2.05) is 37.3 Å². The van der Waals surface area contributed by atoms with Gasteiger partial charge in [0.15, 0.2) is 0 Å². The van der Waals surface area contributed by atoms with Gasteiger partial charge in [-0.3, -0.25) is 10.1 Å². The number of carbonyl (C=O) groups is 2. The summed E-state index contributed by atoms with van der Waals surface area (Å²) >= 11 is 0. The number of hydrogen-bond acceptors (Lipinski definition) is 5. The number of hydrogen-bond donors (Lipinski definition) is 4. The van der Waals surface area contributed by atoms with Crippen LogP contribution in [-0.2, 0) is 4.79 Å². The summed E-state index contributed by atoms with van der Waals surface area (Å²) in [7, 11) is 0. The molecule has 0 spiro atoms. The third kappa shape index (κ3) is 5.31. The third-order valence-corrected chi connectivity index (χ3v) is 3.69. The summed E-state index contributed by atoms with van der Waals surface area (Å²) in [5.74, 6) is 0.806. The number of rotatable bonds is 5. The molecule has 0 fully saturated rings. The standard InChI is InChI=1S/C19H20N6O2.ClH/c1-3-20-19(27)25-18-9-13-5-4-6-16(15(13)11-22-18)24-14-7-8-17(21-10-14)23-12(2)26;/h4-11,24H,3H2,1-2H3,(H,21,23,26)(H2,20,22,25,27);1H. The van der Waals surface area contributed by atoms with E-state index in [-0.39, 0.29) is 24.3 Å². The fourth-order valence-electron chi connectivity index (χ4n) is 2.55. The number of nitrogens with zero attached hydrogens (tertiary/aromatic N) is 2. The molecule has 4 N–H and O–H groups in total. The van der Waals surface area contributed by atoms with Crippen LogP contribution in [0.15, 0.2) is 48.8 Å². The van der Waals surface area contributed by atoms with Gasteiger partial charge in [-0.25, -0.2) is 14.8 Å². The topological polar surface area (TPSA) is 108 Å². The number of aromatic nitrogens is 2. The van der Waals surface area contributed by atoms with Gasteiger partial charge in [0.25, 0.3) is 0 Å². The van der Waals surface area contributed by atoms with Crippen molar-refractivity contribution in [3.05, 3.63) is 48.8 Å². The van der Waals surface area contributed by atoms with Gasteiger partial charge >= 0.3 is 6.03 Å². The van der Waals surface area contributed by atoms with E-state index < -0.39 is 0 Å². The van der Waals surface area contributed by atoms with Crippen molar-refractivity contribution < 1.29 is 9.59 Å². The van der Waals surface area contributed by atoms with Gasteiger partial charge in [0.2, 0.25) is 5.91 Å². The molecule has 2 aromatic heterocycles. The summed E-state index contributed by atoms with van der Waals surface area (Å²) in [4.78, 5) is 31.2. The second kappa shape index (κ2) is 9.52. The van der Waals surface area contributed by atoms with Crippen molar-refractivity contribution in [2.75, 3.05) is 22.5 Å². The van der Waals surface area contributed by atoms with Crippen molar-refractivity contribution in [2.45, 2.75) is 13.8 Å². The summed E-state index contributed by atoms with van der Waals surface area (Å²) in [5, 5.41) is 13.1. The summed E-state index contributed by atoms with van der Waals surface area (Å²) in [6.07, 6.45) is 3.35. The van der Waals surface area contributed by atoms with Gasteiger partial charge in [0.1, 0.15) is 11.6 Å². The van der Waals surface area contributed by atoms with Crippen molar-refractivity contribution in [3.8, 4) is 0 Å². The van der Waals surface area contributed by atoms with Crippen LogP contribution in [0.3, 0.4) is 0 Å².